The maximum atomic E-state index is 12.4. The molecule has 0 saturated heterocycles. The number of hydrogen-bond acceptors (Lipinski definition) is 4. The van der Waals surface area contributed by atoms with Crippen molar-refractivity contribution >= 4 is 17.7 Å². The molecule has 1 amide bonds. The van der Waals surface area contributed by atoms with Gasteiger partial charge in [-0.25, -0.2) is 4.79 Å². The zero-order valence-electron chi connectivity index (χ0n) is 18.0. The Morgan fingerprint density at radius 3 is 2.00 bits per heavy atom. The third-order valence-electron chi connectivity index (χ3n) is 4.88. The molecule has 0 radical (unpaired) electrons. The van der Waals surface area contributed by atoms with Crippen molar-refractivity contribution in [1.29, 1.82) is 0 Å². The normalized spacial score (nSPS) is 10.2. The van der Waals surface area contributed by atoms with Crippen molar-refractivity contribution in [1.82, 2.24) is 0 Å². The largest absolute Gasteiger partial charge is 0.461 e. The second-order valence-corrected chi connectivity index (χ2v) is 7.28. The van der Waals surface area contributed by atoms with E-state index in [9.17, 15) is 9.59 Å². The molecule has 0 bridgehead atoms. The van der Waals surface area contributed by atoms with Crippen molar-refractivity contribution in [3.8, 4) is 0 Å². The number of hydrogen-bond donors (Lipinski definition) is 1. The quantitative estimate of drug-likeness (QED) is 0.325. The average Bonchev–Trinajstić information content (AvgIpc) is 2.83. The summed E-state index contributed by atoms with van der Waals surface area (Å²) in [6, 6.07) is 24.8. The molecule has 164 valence electrons. The van der Waals surface area contributed by atoms with Gasteiger partial charge in [-0.15, -0.1) is 6.58 Å². The smallest absolute Gasteiger partial charge is 0.411 e. The molecule has 0 heterocycles. The lowest BCUT2D eigenvalue weighted by Gasteiger charge is -2.15. The molecule has 0 unspecified atom stereocenters. The summed E-state index contributed by atoms with van der Waals surface area (Å²) in [4.78, 5) is 24.7. The summed E-state index contributed by atoms with van der Waals surface area (Å²) in [7, 11) is 0. The van der Waals surface area contributed by atoms with E-state index in [2.05, 4.69) is 11.9 Å². The van der Waals surface area contributed by atoms with Crippen molar-refractivity contribution in [2.24, 2.45) is 0 Å². The van der Waals surface area contributed by atoms with E-state index in [1.54, 1.807) is 6.08 Å². The molecular formula is C27H27NO4. The Balaban J connectivity index is 1.61. The van der Waals surface area contributed by atoms with Crippen molar-refractivity contribution in [2.45, 2.75) is 32.5 Å². The van der Waals surface area contributed by atoms with Gasteiger partial charge >= 0.3 is 12.1 Å². The van der Waals surface area contributed by atoms with Gasteiger partial charge in [0.15, 0.2) is 0 Å². The van der Waals surface area contributed by atoms with E-state index in [0.717, 1.165) is 22.3 Å². The average molecular weight is 430 g/mol. The van der Waals surface area contributed by atoms with Crippen LogP contribution >= 0.6 is 0 Å². The van der Waals surface area contributed by atoms with E-state index in [1.807, 2.05) is 78.9 Å². The van der Waals surface area contributed by atoms with Crippen LogP contribution in [0.3, 0.4) is 0 Å². The predicted molar refractivity (Wildman–Crippen MR) is 125 cm³/mol. The minimum absolute atomic E-state index is 0.178. The molecule has 3 aromatic carbocycles. The second-order valence-electron chi connectivity index (χ2n) is 7.28. The standard InChI is InChI=1S/C27H27NO4/c1-2-10-23-15-9-16-24(17-18-25(29)31-19-21-11-5-3-6-12-21)26(23)28-27(30)32-20-22-13-7-4-8-14-22/h2-9,11-16H,1,10,17-20H2,(H,28,30). The maximum Gasteiger partial charge on any atom is 0.411 e. The fourth-order valence-electron chi connectivity index (χ4n) is 3.26. The SMILES string of the molecule is C=CCc1cccc(CCC(=O)OCc2ccccc2)c1NC(=O)OCc1ccccc1. The highest BCUT2D eigenvalue weighted by Gasteiger charge is 2.14. The molecule has 0 aliphatic rings. The molecule has 0 saturated carbocycles. The molecule has 0 aliphatic heterocycles. The van der Waals surface area contributed by atoms with E-state index in [0.29, 0.717) is 18.5 Å². The first kappa shape index (κ1) is 22.8. The molecule has 5 heteroatoms. The number of allylic oxidation sites excluding steroid dienone is 1. The van der Waals surface area contributed by atoms with Crippen LogP contribution in [0.1, 0.15) is 28.7 Å². The Hall–Kier alpha value is -3.86. The molecule has 0 aliphatic carbocycles. The van der Waals surface area contributed by atoms with Gasteiger partial charge in [0.25, 0.3) is 0 Å². The number of para-hydroxylation sites is 1. The lowest BCUT2D eigenvalue weighted by atomic mass is 10.0. The summed E-state index contributed by atoms with van der Waals surface area (Å²) in [6.07, 6.45) is 2.46. The number of anilines is 1. The Kier molecular flexibility index (Phi) is 8.63. The molecular weight excluding hydrogens is 402 g/mol. The molecule has 1 N–H and O–H groups in total. The van der Waals surface area contributed by atoms with E-state index < -0.39 is 6.09 Å². The number of amides is 1. The van der Waals surface area contributed by atoms with Gasteiger partial charge < -0.3 is 9.47 Å². The number of nitrogens with one attached hydrogen (secondary N) is 1. The van der Waals surface area contributed by atoms with Crippen LogP contribution in [0.4, 0.5) is 10.5 Å². The summed E-state index contributed by atoms with van der Waals surface area (Å²) in [5.41, 5.74) is 4.26. The predicted octanol–water partition coefficient (Wildman–Crippen LogP) is 5.84. The number of carbonyl (C=O) groups excluding carboxylic acids is 2. The van der Waals surface area contributed by atoms with Gasteiger partial charge in [0.1, 0.15) is 13.2 Å². The van der Waals surface area contributed by atoms with Crippen LogP contribution in [-0.2, 0) is 40.3 Å². The van der Waals surface area contributed by atoms with Crippen LogP contribution in [-0.4, -0.2) is 12.1 Å². The van der Waals surface area contributed by atoms with Crippen LogP contribution in [0.15, 0.2) is 91.5 Å². The lowest BCUT2D eigenvalue weighted by molar-refractivity contribution is -0.144. The number of ether oxygens (including phenoxy) is 2. The molecule has 3 aromatic rings. The molecule has 5 nitrogen and oxygen atoms in total. The van der Waals surface area contributed by atoms with E-state index in [1.165, 1.54) is 0 Å². The number of aryl methyl sites for hydroxylation is 1. The van der Waals surface area contributed by atoms with Crippen LogP contribution in [0.5, 0.6) is 0 Å². The highest BCUT2D eigenvalue weighted by molar-refractivity contribution is 5.87. The first-order valence-corrected chi connectivity index (χ1v) is 10.5. The summed E-state index contributed by atoms with van der Waals surface area (Å²) in [5.74, 6) is -0.291. The third kappa shape index (κ3) is 7.13. The number of esters is 1. The highest BCUT2D eigenvalue weighted by Crippen LogP contribution is 2.24. The zero-order chi connectivity index (χ0) is 22.6. The van der Waals surface area contributed by atoms with Crippen LogP contribution in [0.2, 0.25) is 0 Å². The van der Waals surface area contributed by atoms with Gasteiger partial charge in [-0.3, -0.25) is 10.1 Å². The van der Waals surface area contributed by atoms with E-state index in [4.69, 9.17) is 9.47 Å². The summed E-state index contributed by atoms with van der Waals surface area (Å²) >= 11 is 0. The van der Waals surface area contributed by atoms with Crippen molar-refractivity contribution < 1.29 is 19.1 Å². The van der Waals surface area contributed by atoms with Crippen LogP contribution < -0.4 is 5.32 Å². The Morgan fingerprint density at radius 2 is 1.38 bits per heavy atom. The number of benzene rings is 3. The Morgan fingerprint density at radius 1 is 0.781 bits per heavy atom. The number of carbonyl (C=O) groups is 2. The van der Waals surface area contributed by atoms with E-state index in [-0.39, 0.29) is 25.6 Å². The maximum absolute atomic E-state index is 12.4. The lowest BCUT2D eigenvalue weighted by Crippen LogP contribution is -2.17. The zero-order valence-corrected chi connectivity index (χ0v) is 18.0. The molecule has 0 fully saturated rings. The molecule has 3 rings (SSSR count). The minimum Gasteiger partial charge on any atom is -0.461 e. The fourth-order valence-corrected chi connectivity index (χ4v) is 3.26. The molecule has 0 atom stereocenters. The highest BCUT2D eigenvalue weighted by atomic mass is 16.5. The van der Waals surface area contributed by atoms with Crippen molar-refractivity contribution in [2.75, 3.05) is 5.32 Å². The molecule has 0 aromatic heterocycles. The van der Waals surface area contributed by atoms with Crippen molar-refractivity contribution in [3.63, 3.8) is 0 Å². The topological polar surface area (TPSA) is 64.6 Å². The third-order valence-corrected chi connectivity index (χ3v) is 4.88. The monoisotopic (exact) mass is 429 g/mol. The first-order valence-electron chi connectivity index (χ1n) is 10.5. The Bertz CT molecular complexity index is 1030. The van der Waals surface area contributed by atoms with Crippen LogP contribution in [0.25, 0.3) is 0 Å². The first-order chi connectivity index (χ1) is 15.7. The van der Waals surface area contributed by atoms with Crippen LogP contribution in [0, 0.1) is 0 Å². The molecule has 32 heavy (non-hydrogen) atoms. The van der Waals surface area contributed by atoms with Gasteiger partial charge in [-0.2, -0.15) is 0 Å². The summed E-state index contributed by atoms with van der Waals surface area (Å²) in [6.45, 7) is 4.21. The number of rotatable bonds is 10. The summed E-state index contributed by atoms with van der Waals surface area (Å²) < 4.78 is 10.7. The minimum atomic E-state index is -0.543. The van der Waals surface area contributed by atoms with Gasteiger partial charge in [0, 0.05) is 6.42 Å². The summed E-state index contributed by atoms with van der Waals surface area (Å²) in [5, 5.41) is 2.85. The van der Waals surface area contributed by atoms with Crippen molar-refractivity contribution in [3.05, 3.63) is 114 Å². The van der Waals surface area contributed by atoms with Gasteiger partial charge in [-0.05, 0) is 35.1 Å². The van der Waals surface area contributed by atoms with Gasteiger partial charge in [-0.1, -0.05) is 84.9 Å². The fraction of sp³-hybridized carbons (Fsp3) is 0.185. The second kappa shape index (κ2) is 12.1. The molecule has 0 spiro atoms. The van der Waals surface area contributed by atoms with Gasteiger partial charge in [0.05, 0.1) is 5.69 Å². The van der Waals surface area contributed by atoms with Gasteiger partial charge in [0.2, 0.25) is 0 Å². The van der Waals surface area contributed by atoms with E-state index >= 15 is 0 Å². The Labute approximate surface area is 188 Å².